The first kappa shape index (κ1) is 13.6. The summed E-state index contributed by atoms with van der Waals surface area (Å²) in [6, 6.07) is 4.06. The lowest BCUT2D eigenvalue weighted by Gasteiger charge is -2.36. The lowest BCUT2D eigenvalue weighted by molar-refractivity contribution is -0.153. The zero-order valence-electron chi connectivity index (χ0n) is 10.9. The first-order chi connectivity index (χ1) is 8.63. The zero-order valence-corrected chi connectivity index (χ0v) is 11.7. The topological polar surface area (TPSA) is 52.3 Å². The molecule has 1 heterocycles. The van der Waals surface area contributed by atoms with Gasteiger partial charge in [-0.15, -0.1) is 11.3 Å². The van der Waals surface area contributed by atoms with Gasteiger partial charge in [0.2, 0.25) is 0 Å². The van der Waals surface area contributed by atoms with Crippen molar-refractivity contribution in [3.8, 4) is 0 Å². The van der Waals surface area contributed by atoms with Crippen LogP contribution in [0.5, 0.6) is 0 Å². The second kappa shape index (κ2) is 5.85. The van der Waals surface area contributed by atoms with E-state index in [2.05, 4.69) is 13.0 Å². The van der Waals surface area contributed by atoms with E-state index in [-0.39, 0.29) is 11.9 Å². The van der Waals surface area contributed by atoms with E-state index in [0.717, 1.165) is 25.7 Å². The van der Waals surface area contributed by atoms with Gasteiger partial charge in [-0.2, -0.15) is 0 Å². The van der Waals surface area contributed by atoms with Gasteiger partial charge in [-0.25, -0.2) is 0 Å². The fourth-order valence-electron chi connectivity index (χ4n) is 2.51. The normalized spacial score (nSPS) is 28.0. The Morgan fingerprint density at radius 3 is 3.11 bits per heavy atom. The van der Waals surface area contributed by atoms with E-state index >= 15 is 0 Å². The van der Waals surface area contributed by atoms with Gasteiger partial charge in [-0.3, -0.25) is 4.79 Å². The Morgan fingerprint density at radius 2 is 2.44 bits per heavy atom. The van der Waals surface area contributed by atoms with Gasteiger partial charge in [0.05, 0.1) is 6.61 Å². The van der Waals surface area contributed by atoms with Gasteiger partial charge in [-0.05, 0) is 30.2 Å². The largest absolute Gasteiger partial charge is 0.464 e. The summed E-state index contributed by atoms with van der Waals surface area (Å²) < 4.78 is 5.37. The Morgan fingerprint density at radius 1 is 1.61 bits per heavy atom. The average Bonchev–Trinajstić information content (AvgIpc) is 2.86. The molecule has 3 nitrogen and oxygen atoms in total. The minimum atomic E-state index is -0.756. The van der Waals surface area contributed by atoms with Crippen LogP contribution in [-0.2, 0) is 16.0 Å². The van der Waals surface area contributed by atoms with Crippen LogP contribution in [0.3, 0.4) is 0 Å². The molecular weight excluding hydrogens is 246 g/mol. The van der Waals surface area contributed by atoms with Crippen LogP contribution in [0.4, 0.5) is 0 Å². The van der Waals surface area contributed by atoms with Gasteiger partial charge in [-0.1, -0.05) is 25.8 Å². The van der Waals surface area contributed by atoms with Crippen molar-refractivity contribution in [2.75, 3.05) is 6.61 Å². The highest BCUT2D eigenvalue weighted by Crippen LogP contribution is 2.32. The molecule has 1 aromatic rings. The number of rotatable bonds is 4. The molecule has 0 amide bonds. The third-order valence-corrected chi connectivity index (χ3v) is 4.83. The third kappa shape index (κ3) is 2.93. The van der Waals surface area contributed by atoms with Crippen LogP contribution in [0, 0.1) is 5.92 Å². The molecule has 1 aromatic heterocycles. The zero-order chi connectivity index (χ0) is 13.0. The molecule has 0 spiro atoms. The number of ether oxygens (including phenoxy) is 1. The van der Waals surface area contributed by atoms with Crippen molar-refractivity contribution in [3.63, 3.8) is 0 Å². The van der Waals surface area contributed by atoms with Crippen LogP contribution in [0.15, 0.2) is 17.5 Å². The van der Waals surface area contributed by atoms with Gasteiger partial charge in [0.1, 0.15) is 5.54 Å². The number of hydrogen-bond acceptors (Lipinski definition) is 4. The fourth-order valence-corrected chi connectivity index (χ4v) is 3.20. The number of nitrogens with two attached hydrogens (primary N) is 1. The van der Waals surface area contributed by atoms with Crippen molar-refractivity contribution < 1.29 is 9.53 Å². The van der Waals surface area contributed by atoms with Crippen molar-refractivity contribution in [1.29, 1.82) is 0 Å². The SMILES string of the molecule is CC1CCCCC1(N)C(=O)OCCc1cccs1. The first-order valence-corrected chi connectivity index (χ1v) is 7.49. The highest BCUT2D eigenvalue weighted by molar-refractivity contribution is 7.09. The summed E-state index contributed by atoms with van der Waals surface area (Å²) >= 11 is 1.69. The fraction of sp³-hybridized carbons (Fsp3) is 0.643. The maximum Gasteiger partial charge on any atom is 0.326 e. The lowest BCUT2D eigenvalue weighted by Crippen LogP contribution is -2.55. The van der Waals surface area contributed by atoms with Crippen molar-refractivity contribution in [2.24, 2.45) is 11.7 Å². The predicted octanol–water partition coefficient (Wildman–Crippen LogP) is 2.74. The Bertz CT molecular complexity index is 391. The molecule has 0 bridgehead atoms. The summed E-state index contributed by atoms with van der Waals surface area (Å²) in [5, 5.41) is 2.03. The minimum Gasteiger partial charge on any atom is -0.464 e. The molecule has 18 heavy (non-hydrogen) atoms. The van der Waals surface area contributed by atoms with Crippen molar-refractivity contribution in [3.05, 3.63) is 22.4 Å². The number of thiophene rings is 1. The molecule has 4 heteroatoms. The molecule has 2 atom stereocenters. The van der Waals surface area contributed by atoms with Crippen LogP contribution in [-0.4, -0.2) is 18.1 Å². The van der Waals surface area contributed by atoms with Gasteiger partial charge in [0.25, 0.3) is 0 Å². The molecule has 2 N–H and O–H groups in total. The molecule has 2 rings (SSSR count). The molecular formula is C14H21NO2S. The Balaban J connectivity index is 1.83. The molecule has 0 aromatic carbocycles. The summed E-state index contributed by atoms with van der Waals surface area (Å²) in [5.74, 6) is 0.00624. The summed E-state index contributed by atoms with van der Waals surface area (Å²) in [4.78, 5) is 13.4. The second-order valence-electron chi connectivity index (χ2n) is 5.15. The smallest absolute Gasteiger partial charge is 0.326 e. The molecule has 1 aliphatic rings. The molecule has 1 saturated carbocycles. The van der Waals surface area contributed by atoms with Crippen LogP contribution in [0.25, 0.3) is 0 Å². The quantitative estimate of drug-likeness (QED) is 0.853. The monoisotopic (exact) mass is 267 g/mol. The van der Waals surface area contributed by atoms with Crippen LogP contribution in [0.2, 0.25) is 0 Å². The summed E-state index contributed by atoms with van der Waals surface area (Å²) in [6.45, 7) is 2.49. The number of carbonyl (C=O) groups excluding carboxylic acids is 1. The van der Waals surface area contributed by atoms with Crippen LogP contribution >= 0.6 is 11.3 Å². The minimum absolute atomic E-state index is 0.216. The van der Waals surface area contributed by atoms with Crippen LogP contribution < -0.4 is 5.73 Å². The maximum atomic E-state index is 12.1. The van der Waals surface area contributed by atoms with E-state index in [1.54, 1.807) is 11.3 Å². The Labute approximate surface area is 112 Å². The van der Waals surface area contributed by atoms with E-state index in [4.69, 9.17) is 10.5 Å². The Kier molecular flexibility index (Phi) is 4.40. The first-order valence-electron chi connectivity index (χ1n) is 6.61. The maximum absolute atomic E-state index is 12.1. The van der Waals surface area contributed by atoms with Crippen LogP contribution in [0.1, 0.15) is 37.5 Å². The second-order valence-corrected chi connectivity index (χ2v) is 6.18. The van der Waals surface area contributed by atoms with E-state index < -0.39 is 5.54 Å². The molecule has 0 aliphatic heterocycles. The number of esters is 1. The summed E-state index contributed by atoms with van der Waals surface area (Å²) in [7, 11) is 0. The van der Waals surface area contributed by atoms with Gasteiger partial charge < -0.3 is 10.5 Å². The lowest BCUT2D eigenvalue weighted by atomic mass is 9.74. The standard InChI is InChI=1S/C14H21NO2S/c1-11-5-2-3-8-14(11,15)13(16)17-9-7-12-6-4-10-18-12/h4,6,10-11H,2-3,5,7-9,15H2,1H3. The van der Waals surface area contributed by atoms with E-state index in [0.29, 0.717) is 6.61 Å². The average molecular weight is 267 g/mol. The third-order valence-electron chi connectivity index (χ3n) is 3.90. The highest BCUT2D eigenvalue weighted by atomic mass is 32.1. The van der Waals surface area contributed by atoms with Crippen molar-refractivity contribution >= 4 is 17.3 Å². The number of hydrogen-bond donors (Lipinski definition) is 1. The summed E-state index contributed by atoms with van der Waals surface area (Å²) in [6.07, 6.45) is 4.76. The van der Waals surface area contributed by atoms with Crippen molar-refractivity contribution in [2.45, 2.75) is 44.6 Å². The van der Waals surface area contributed by atoms with Crippen molar-refractivity contribution in [1.82, 2.24) is 0 Å². The summed E-state index contributed by atoms with van der Waals surface area (Å²) in [5.41, 5.74) is 5.48. The molecule has 2 unspecified atom stereocenters. The molecule has 0 radical (unpaired) electrons. The van der Waals surface area contributed by atoms with Gasteiger partial charge in [0.15, 0.2) is 0 Å². The molecule has 0 saturated heterocycles. The molecule has 1 aliphatic carbocycles. The number of carbonyl (C=O) groups is 1. The molecule has 1 fully saturated rings. The molecule has 100 valence electrons. The highest BCUT2D eigenvalue weighted by Gasteiger charge is 2.42. The van der Waals surface area contributed by atoms with E-state index in [9.17, 15) is 4.79 Å². The van der Waals surface area contributed by atoms with Gasteiger partial charge in [0, 0.05) is 11.3 Å². The van der Waals surface area contributed by atoms with Gasteiger partial charge >= 0.3 is 5.97 Å². The van der Waals surface area contributed by atoms with E-state index in [1.807, 2.05) is 11.4 Å². The predicted molar refractivity (Wildman–Crippen MR) is 73.5 cm³/mol. The Hall–Kier alpha value is -0.870. The van der Waals surface area contributed by atoms with E-state index in [1.165, 1.54) is 11.3 Å².